The van der Waals surface area contributed by atoms with Crippen molar-refractivity contribution in [3.63, 3.8) is 0 Å². The molecule has 0 saturated heterocycles. The molecule has 102 valence electrons. The van der Waals surface area contributed by atoms with E-state index in [1.807, 2.05) is 0 Å². The number of hydrogen-bond donors (Lipinski definition) is 1. The minimum atomic E-state index is 0.391. The number of anilines is 1. The second-order valence-electron chi connectivity index (χ2n) is 5.50. The molecule has 0 aliphatic carbocycles. The summed E-state index contributed by atoms with van der Waals surface area (Å²) in [5.41, 5.74) is 5.15. The number of nitrogens with one attached hydrogen (secondary N) is 1. The summed E-state index contributed by atoms with van der Waals surface area (Å²) in [7, 11) is 4.14. The monoisotopic (exact) mass is 264 g/mol. The van der Waals surface area contributed by atoms with E-state index in [9.17, 15) is 0 Å². The second kappa shape index (κ2) is 5.04. The molecule has 0 amide bonds. The van der Waals surface area contributed by atoms with Crippen molar-refractivity contribution in [2.24, 2.45) is 0 Å². The summed E-state index contributed by atoms with van der Waals surface area (Å²) in [5.74, 6) is 0.391. The number of hydrogen-bond acceptors (Lipinski definition) is 1. The van der Waals surface area contributed by atoms with Crippen molar-refractivity contribution in [2.45, 2.75) is 12.8 Å². The third kappa shape index (κ3) is 2.18. The Hall–Kier alpha value is -2.22. The van der Waals surface area contributed by atoms with Gasteiger partial charge in [-0.15, -0.1) is 0 Å². The van der Waals surface area contributed by atoms with Gasteiger partial charge in [0.2, 0.25) is 0 Å². The van der Waals surface area contributed by atoms with Crippen LogP contribution in [0.2, 0.25) is 0 Å². The molecule has 3 rings (SSSR count). The highest BCUT2D eigenvalue weighted by molar-refractivity contribution is 5.84. The van der Waals surface area contributed by atoms with E-state index in [-0.39, 0.29) is 0 Å². The van der Waals surface area contributed by atoms with Gasteiger partial charge in [-0.25, -0.2) is 0 Å². The molecule has 1 N–H and O–H groups in total. The van der Waals surface area contributed by atoms with E-state index in [2.05, 4.69) is 85.6 Å². The smallest absolute Gasteiger partial charge is 0.0457 e. The molecule has 3 aromatic rings. The molecule has 0 aliphatic rings. The summed E-state index contributed by atoms with van der Waals surface area (Å²) >= 11 is 0. The highest BCUT2D eigenvalue weighted by atomic mass is 15.1. The molecule has 0 bridgehead atoms. The van der Waals surface area contributed by atoms with Gasteiger partial charge in [-0.3, -0.25) is 0 Å². The first-order valence-corrected chi connectivity index (χ1v) is 7.00. The fraction of sp³-hybridized carbons (Fsp3) is 0.222. The van der Waals surface area contributed by atoms with Gasteiger partial charge in [-0.2, -0.15) is 0 Å². The van der Waals surface area contributed by atoms with Crippen molar-refractivity contribution < 1.29 is 0 Å². The van der Waals surface area contributed by atoms with E-state index in [0.717, 1.165) is 0 Å². The molecule has 1 aromatic heterocycles. The summed E-state index contributed by atoms with van der Waals surface area (Å²) in [6, 6.07) is 17.3. The van der Waals surface area contributed by atoms with E-state index in [0.29, 0.717) is 5.92 Å². The Kier molecular flexibility index (Phi) is 3.23. The molecule has 1 heterocycles. The fourth-order valence-corrected chi connectivity index (χ4v) is 2.69. The predicted molar refractivity (Wildman–Crippen MR) is 86.6 cm³/mol. The van der Waals surface area contributed by atoms with Crippen LogP contribution < -0.4 is 4.90 Å². The minimum Gasteiger partial charge on any atom is -0.378 e. The zero-order valence-electron chi connectivity index (χ0n) is 12.2. The molecule has 1 atom stereocenters. The molecule has 0 fully saturated rings. The summed E-state index contributed by atoms with van der Waals surface area (Å²) < 4.78 is 0. The maximum Gasteiger partial charge on any atom is 0.0457 e. The average molecular weight is 264 g/mol. The zero-order chi connectivity index (χ0) is 14.1. The van der Waals surface area contributed by atoms with Crippen LogP contribution in [0.1, 0.15) is 24.0 Å². The summed E-state index contributed by atoms with van der Waals surface area (Å²) in [4.78, 5) is 5.49. The SMILES string of the molecule is CC(c1ccc(N(C)C)cc1)c1c[nH]c2ccccc12. The fourth-order valence-electron chi connectivity index (χ4n) is 2.69. The van der Waals surface area contributed by atoms with Crippen molar-refractivity contribution in [3.8, 4) is 0 Å². The average Bonchev–Trinajstić information content (AvgIpc) is 2.90. The lowest BCUT2D eigenvalue weighted by Crippen LogP contribution is -2.08. The maximum atomic E-state index is 3.36. The van der Waals surface area contributed by atoms with Crippen LogP contribution in [-0.4, -0.2) is 19.1 Å². The minimum absolute atomic E-state index is 0.391. The van der Waals surface area contributed by atoms with E-state index in [4.69, 9.17) is 0 Å². The Labute approximate surface area is 120 Å². The summed E-state index contributed by atoms with van der Waals surface area (Å²) in [6.45, 7) is 2.26. The van der Waals surface area contributed by atoms with Crippen LogP contribution in [0.15, 0.2) is 54.7 Å². The van der Waals surface area contributed by atoms with Crippen molar-refractivity contribution in [1.82, 2.24) is 4.98 Å². The molecule has 2 aromatic carbocycles. The molecule has 0 aliphatic heterocycles. The van der Waals surface area contributed by atoms with Gasteiger partial charge in [0.1, 0.15) is 0 Å². The molecule has 2 heteroatoms. The quantitative estimate of drug-likeness (QED) is 0.743. The Morgan fingerprint density at radius 3 is 2.35 bits per heavy atom. The number of para-hydroxylation sites is 1. The normalized spacial score (nSPS) is 12.6. The molecule has 2 nitrogen and oxygen atoms in total. The standard InChI is InChI=1S/C18H20N2/c1-13(14-8-10-15(11-9-14)20(2)3)17-12-19-18-7-5-4-6-16(17)18/h4-13,19H,1-3H3. The first-order chi connectivity index (χ1) is 9.66. The van der Waals surface area contributed by atoms with Gasteiger partial charge < -0.3 is 9.88 Å². The lowest BCUT2D eigenvalue weighted by molar-refractivity contribution is 0.931. The van der Waals surface area contributed by atoms with E-state index < -0.39 is 0 Å². The number of benzene rings is 2. The topological polar surface area (TPSA) is 19.0 Å². The van der Waals surface area contributed by atoms with Gasteiger partial charge in [-0.05, 0) is 29.3 Å². The van der Waals surface area contributed by atoms with Gasteiger partial charge in [0.05, 0.1) is 0 Å². The van der Waals surface area contributed by atoms with Crippen molar-refractivity contribution in [3.05, 3.63) is 65.9 Å². The van der Waals surface area contributed by atoms with Gasteiger partial charge in [0, 0.05) is 42.8 Å². The molecular weight excluding hydrogens is 244 g/mol. The van der Waals surface area contributed by atoms with Crippen LogP contribution in [0, 0.1) is 0 Å². The Morgan fingerprint density at radius 2 is 1.65 bits per heavy atom. The predicted octanol–water partition coefficient (Wildman–Crippen LogP) is 4.39. The van der Waals surface area contributed by atoms with Crippen LogP contribution in [0.25, 0.3) is 10.9 Å². The van der Waals surface area contributed by atoms with Crippen LogP contribution in [-0.2, 0) is 0 Å². The Bertz CT molecular complexity index is 708. The van der Waals surface area contributed by atoms with E-state index >= 15 is 0 Å². The molecule has 20 heavy (non-hydrogen) atoms. The molecular formula is C18H20N2. The second-order valence-corrected chi connectivity index (χ2v) is 5.50. The van der Waals surface area contributed by atoms with Crippen LogP contribution in [0.4, 0.5) is 5.69 Å². The number of aromatic amines is 1. The third-order valence-corrected chi connectivity index (χ3v) is 4.00. The van der Waals surface area contributed by atoms with Gasteiger partial charge in [0.15, 0.2) is 0 Å². The van der Waals surface area contributed by atoms with Crippen LogP contribution in [0.5, 0.6) is 0 Å². The third-order valence-electron chi connectivity index (χ3n) is 4.00. The highest BCUT2D eigenvalue weighted by Gasteiger charge is 2.13. The number of fused-ring (bicyclic) bond motifs is 1. The summed E-state index contributed by atoms with van der Waals surface area (Å²) in [5, 5.41) is 1.32. The maximum absolute atomic E-state index is 3.36. The number of aromatic nitrogens is 1. The van der Waals surface area contributed by atoms with Gasteiger partial charge in [-0.1, -0.05) is 37.3 Å². The molecule has 0 saturated carbocycles. The lowest BCUT2D eigenvalue weighted by atomic mass is 9.93. The van der Waals surface area contributed by atoms with Crippen molar-refractivity contribution in [1.29, 1.82) is 0 Å². The van der Waals surface area contributed by atoms with Gasteiger partial charge >= 0.3 is 0 Å². The first kappa shape index (κ1) is 12.8. The van der Waals surface area contributed by atoms with E-state index in [1.165, 1.54) is 27.7 Å². The molecule has 0 spiro atoms. The number of H-pyrrole nitrogens is 1. The van der Waals surface area contributed by atoms with Crippen LogP contribution in [0.3, 0.4) is 0 Å². The van der Waals surface area contributed by atoms with Crippen LogP contribution >= 0.6 is 0 Å². The first-order valence-electron chi connectivity index (χ1n) is 7.00. The molecule has 0 radical (unpaired) electrons. The number of rotatable bonds is 3. The Morgan fingerprint density at radius 1 is 0.950 bits per heavy atom. The number of nitrogens with zero attached hydrogens (tertiary/aromatic N) is 1. The highest BCUT2D eigenvalue weighted by Crippen LogP contribution is 2.31. The summed E-state index contributed by atoms with van der Waals surface area (Å²) in [6.07, 6.45) is 2.13. The lowest BCUT2D eigenvalue weighted by Gasteiger charge is -2.15. The largest absolute Gasteiger partial charge is 0.378 e. The van der Waals surface area contributed by atoms with E-state index in [1.54, 1.807) is 0 Å². The molecule has 1 unspecified atom stereocenters. The van der Waals surface area contributed by atoms with Crippen molar-refractivity contribution >= 4 is 16.6 Å². The van der Waals surface area contributed by atoms with Gasteiger partial charge in [0.25, 0.3) is 0 Å². The van der Waals surface area contributed by atoms with Crippen molar-refractivity contribution in [2.75, 3.05) is 19.0 Å². The zero-order valence-corrected chi connectivity index (χ0v) is 12.2. The Balaban J connectivity index is 1.97.